The van der Waals surface area contributed by atoms with Crippen LogP contribution in [0, 0.1) is 46.3 Å². The van der Waals surface area contributed by atoms with Gasteiger partial charge in [0.2, 0.25) is 0 Å². The van der Waals surface area contributed by atoms with Gasteiger partial charge in [0, 0.05) is 18.0 Å². The van der Waals surface area contributed by atoms with Crippen LogP contribution >= 0.6 is 0 Å². The third kappa shape index (κ3) is 3.05. The van der Waals surface area contributed by atoms with Crippen LogP contribution in [0.3, 0.4) is 0 Å². The van der Waals surface area contributed by atoms with Crippen LogP contribution in [0.2, 0.25) is 0 Å². The highest BCUT2D eigenvalue weighted by Crippen LogP contribution is 2.67. The smallest absolute Gasteiger partial charge is 0.153 e. The van der Waals surface area contributed by atoms with Crippen molar-refractivity contribution >= 4 is 5.78 Å². The van der Waals surface area contributed by atoms with Crippen molar-refractivity contribution < 1.29 is 4.79 Å². The van der Waals surface area contributed by atoms with Gasteiger partial charge in [-0.3, -0.25) is 4.79 Å². The largest absolute Gasteiger partial charge is 0.328 e. The van der Waals surface area contributed by atoms with E-state index in [1.165, 1.54) is 0 Å². The molecule has 29 heavy (non-hydrogen) atoms. The first kappa shape index (κ1) is 21.7. The fraction of sp³-hybridized carbons (Fsp3) is 0.957. The second kappa shape index (κ2) is 7.27. The van der Waals surface area contributed by atoms with Crippen LogP contribution in [0.4, 0.5) is 0 Å². The Morgan fingerprint density at radius 2 is 1.69 bits per heavy atom. The van der Waals surface area contributed by atoms with Crippen molar-refractivity contribution in [3.8, 4) is 0 Å². The predicted molar refractivity (Wildman–Crippen MR) is 116 cm³/mol. The molecule has 4 saturated carbocycles. The molecule has 0 aromatic rings. The third-order valence-corrected chi connectivity index (χ3v) is 10.3. The van der Waals surface area contributed by atoms with Crippen LogP contribution < -0.4 is 28.7 Å². The van der Waals surface area contributed by atoms with Crippen molar-refractivity contribution in [2.75, 3.05) is 0 Å². The Balaban J connectivity index is 1.69. The standard InChI is InChI=1S/C23H43N5O/c1-11(8-18(26)27)13-4-5-14-19-15(10-17(25)23(13,14)3)22(2)7-6-12(24)9-16(22)20(28)21(19)29/h11-20H,4-10,24-28H2,1-3H3/t11-,12-,13?,14?,15?,16?,17+,19?,20-,22-,23-/m1/s1. The average Bonchev–Trinajstić information content (AvgIpc) is 3.00. The number of carbonyl (C=O) groups is 1. The van der Waals surface area contributed by atoms with E-state index in [1.807, 2.05) is 0 Å². The summed E-state index contributed by atoms with van der Waals surface area (Å²) in [7, 11) is 0. The molecule has 11 atom stereocenters. The normalized spacial score (nSPS) is 53.3. The Hall–Kier alpha value is -0.530. The van der Waals surface area contributed by atoms with E-state index in [9.17, 15) is 4.79 Å². The molecule has 0 radical (unpaired) electrons. The van der Waals surface area contributed by atoms with Crippen molar-refractivity contribution in [1.82, 2.24) is 0 Å². The quantitative estimate of drug-likeness (QED) is 0.447. The molecule has 0 saturated heterocycles. The molecule has 4 aliphatic rings. The Morgan fingerprint density at radius 1 is 1.00 bits per heavy atom. The molecule has 4 fully saturated rings. The van der Waals surface area contributed by atoms with Crippen LogP contribution in [0.5, 0.6) is 0 Å². The van der Waals surface area contributed by atoms with Crippen molar-refractivity contribution in [2.45, 2.75) is 90.0 Å². The molecule has 4 aliphatic carbocycles. The summed E-state index contributed by atoms with van der Waals surface area (Å²) in [4.78, 5) is 13.7. The summed E-state index contributed by atoms with van der Waals surface area (Å²) in [5.41, 5.74) is 31.8. The summed E-state index contributed by atoms with van der Waals surface area (Å²) in [6, 6.07) is -0.101. The molecule has 0 aromatic carbocycles. The van der Waals surface area contributed by atoms with E-state index in [4.69, 9.17) is 28.7 Å². The van der Waals surface area contributed by atoms with Crippen molar-refractivity contribution in [3.63, 3.8) is 0 Å². The highest BCUT2D eigenvalue weighted by molar-refractivity contribution is 5.88. The molecule has 0 aromatic heterocycles. The Kier molecular flexibility index (Phi) is 5.43. The number of carbonyl (C=O) groups excluding carboxylic acids is 1. The Morgan fingerprint density at radius 3 is 2.34 bits per heavy atom. The number of fused-ring (bicyclic) bond motifs is 5. The van der Waals surface area contributed by atoms with E-state index in [2.05, 4.69) is 20.8 Å². The van der Waals surface area contributed by atoms with Crippen LogP contribution in [-0.2, 0) is 4.79 Å². The molecular formula is C23H43N5O. The van der Waals surface area contributed by atoms with Crippen LogP contribution in [0.25, 0.3) is 0 Å². The first-order valence-corrected chi connectivity index (χ1v) is 11.8. The van der Waals surface area contributed by atoms with Gasteiger partial charge in [0.25, 0.3) is 0 Å². The number of ketones is 1. The Bertz CT molecular complexity index is 655. The monoisotopic (exact) mass is 405 g/mol. The molecule has 6 heteroatoms. The lowest BCUT2D eigenvalue weighted by molar-refractivity contribution is -0.163. The highest BCUT2D eigenvalue weighted by atomic mass is 16.1. The first-order chi connectivity index (χ1) is 13.5. The topological polar surface area (TPSA) is 147 Å². The lowest BCUT2D eigenvalue weighted by Crippen LogP contribution is -2.68. The van der Waals surface area contributed by atoms with Gasteiger partial charge in [-0.25, -0.2) is 0 Å². The molecule has 0 bridgehead atoms. The van der Waals surface area contributed by atoms with Gasteiger partial charge in [0.05, 0.1) is 12.2 Å². The number of rotatable bonds is 3. The van der Waals surface area contributed by atoms with Crippen LogP contribution in [0.1, 0.15) is 65.7 Å². The van der Waals surface area contributed by atoms with Gasteiger partial charge in [-0.05, 0) is 85.4 Å². The molecule has 6 nitrogen and oxygen atoms in total. The number of hydrogen-bond acceptors (Lipinski definition) is 6. The summed E-state index contributed by atoms with van der Waals surface area (Å²) < 4.78 is 0. The van der Waals surface area contributed by atoms with Gasteiger partial charge in [-0.1, -0.05) is 20.8 Å². The molecule has 10 N–H and O–H groups in total. The van der Waals surface area contributed by atoms with E-state index in [0.717, 1.165) is 44.9 Å². The molecule has 0 spiro atoms. The van der Waals surface area contributed by atoms with Gasteiger partial charge < -0.3 is 28.7 Å². The molecular weight excluding hydrogens is 362 g/mol. The van der Waals surface area contributed by atoms with Gasteiger partial charge in [-0.15, -0.1) is 0 Å². The summed E-state index contributed by atoms with van der Waals surface area (Å²) in [6.07, 6.45) is 6.59. The molecule has 5 unspecified atom stereocenters. The summed E-state index contributed by atoms with van der Waals surface area (Å²) in [5.74, 6) is 2.08. The third-order valence-electron chi connectivity index (χ3n) is 10.3. The van der Waals surface area contributed by atoms with Crippen molar-refractivity contribution in [1.29, 1.82) is 0 Å². The lowest BCUT2D eigenvalue weighted by atomic mass is 9.42. The predicted octanol–water partition coefficient (Wildman–Crippen LogP) is 1.30. The van der Waals surface area contributed by atoms with E-state index in [0.29, 0.717) is 29.5 Å². The van der Waals surface area contributed by atoms with Gasteiger partial charge in [0.1, 0.15) is 0 Å². The van der Waals surface area contributed by atoms with E-state index >= 15 is 0 Å². The lowest BCUT2D eigenvalue weighted by Gasteiger charge is -2.63. The fourth-order valence-corrected chi connectivity index (χ4v) is 8.73. The second-order valence-corrected chi connectivity index (χ2v) is 11.6. The fourth-order valence-electron chi connectivity index (χ4n) is 8.73. The second-order valence-electron chi connectivity index (χ2n) is 11.6. The maximum atomic E-state index is 13.7. The highest BCUT2D eigenvalue weighted by Gasteiger charge is 2.66. The number of hydrogen-bond donors (Lipinski definition) is 5. The molecule has 166 valence electrons. The average molecular weight is 406 g/mol. The first-order valence-electron chi connectivity index (χ1n) is 11.8. The van der Waals surface area contributed by atoms with E-state index < -0.39 is 0 Å². The zero-order chi connectivity index (χ0) is 21.3. The number of Topliss-reactive ketones (excluding diaryl/α,β-unsaturated/α-hetero) is 1. The van der Waals surface area contributed by atoms with Gasteiger partial charge in [0.15, 0.2) is 5.78 Å². The minimum Gasteiger partial charge on any atom is -0.328 e. The maximum Gasteiger partial charge on any atom is 0.153 e. The minimum absolute atomic E-state index is 0.0425. The Labute approximate surface area is 176 Å². The summed E-state index contributed by atoms with van der Waals surface area (Å²) >= 11 is 0. The molecule has 4 rings (SSSR count). The number of nitrogens with two attached hydrogens (primary N) is 5. The maximum absolute atomic E-state index is 13.7. The van der Waals surface area contributed by atoms with Gasteiger partial charge in [-0.2, -0.15) is 0 Å². The zero-order valence-corrected chi connectivity index (χ0v) is 18.5. The molecule has 0 amide bonds. The van der Waals surface area contributed by atoms with Crippen molar-refractivity contribution in [3.05, 3.63) is 0 Å². The zero-order valence-electron chi connectivity index (χ0n) is 18.5. The summed E-state index contributed by atoms with van der Waals surface area (Å²) in [6.45, 7) is 6.99. The molecule has 0 heterocycles. The van der Waals surface area contributed by atoms with E-state index in [-0.39, 0.29) is 47.0 Å². The van der Waals surface area contributed by atoms with Gasteiger partial charge >= 0.3 is 0 Å². The van der Waals surface area contributed by atoms with Crippen LogP contribution in [0.15, 0.2) is 0 Å². The van der Waals surface area contributed by atoms with E-state index in [1.54, 1.807) is 0 Å². The molecule has 0 aliphatic heterocycles. The van der Waals surface area contributed by atoms with Crippen LogP contribution in [-0.4, -0.2) is 30.1 Å². The SMILES string of the molecule is C[C@H](CC(N)N)C1CCC2C3C(=O)[C@H](N)C4C[C@H](N)CC[C@]4(C)C3C[C@H](N)[C@@]21C. The minimum atomic E-state index is -0.375. The van der Waals surface area contributed by atoms with Crippen molar-refractivity contribution in [2.24, 2.45) is 75.0 Å². The summed E-state index contributed by atoms with van der Waals surface area (Å²) in [5, 5.41) is 0.